The molecule has 0 saturated carbocycles. The molecule has 4 aromatic rings. The van der Waals surface area contributed by atoms with Crippen LogP contribution in [-0.2, 0) is 19.1 Å². The number of rotatable bonds is 9. The third kappa shape index (κ3) is 5.05. The van der Waals surface area contributed by atoms with Crippen molar-refractivity contribution in [1.29, 1.82) is 0 Å². The van der Waals surface area contributed by atoms with Crippen molar-refractivity contribution in [3.8, 4) is 5.75 Å². The molecule has 7 rings (SSSR count). The lowest BCUT2D eigenvalue weighted by molar-refractivity contribution is -0.143. The van der Waals surface area contributed by atoms with Crippen LogP contribution in [0.2, 0.25) is 0 Å². The molecule has 9 nitrogen and oxygen atoms in total. The summed E-state index contributed by atoms with van der Waals surface area (Å²) in [6.45, 7) is 2.01. The quantitative estimate of drug-likeness (QED) is 0.206. The number of nitrogens with zero attached hydrogens (tertiary/aromatic N) is 1. The van der Waals surface area contributed by atoms with Gasteiger partial charge >= 0.3 is 0 Å². The van der Waals surface area contributed by atoms with Gasteiger partial charge in [0, 0.05) is 16.2 Å². The number of nitrogens with one attached hydrogen (secondary N) is 2. The third-order valence-corrected chi connectivity index (χ3v) is 10.3. The van der Waals surface area contributed by atoms with Crippen LogP contribution in [0.1, 0.15) is 24.9 Å². The lowest BCUT2D eigenvalue weighted by atomic mass is 9.70. The number of carbonyl (C=O) groups is 3. The van der Waals surface area contributed by atoms with Crippen LogP contribution in [0.25, 0.3) is 10.8 Å². The molecule has 3 N–H and O–H groups in total. The maximum Gasteiger partial charge on any atom is 0.250 e. The average molecular weight is 685 g/mol. The SMILES string of the molecule is CCOc1ccc(NC(=O)[C@H]2[C@H]3C(=O)N([C@H](CO)c4ccccc4)C(C(=O)Nc4ccc5ccccc5c4)C34CC(Br)[C@@H]2O4)cc1. The summed E-state index contributed by atoms with van der Waals surface area (Å²) in [6.07, 6.45) is -0.278. The topological polar surface area (TPSA) is 117 Å². The number of anilines is 2. The van der Waals surface area contributed by atoms with Gasteiger partial charge in [0.2, 0.25) is 17.7 Å². The van der Waals surface area contributed by atoms with Crippen molar-refractivity contribution in [2.24, 2.45) is 11.8 Å². The Morgan fingerprint density at radius 1 is 0.957 bits per heavy atom. The van der Waals surface area contributed by atoms with E-state index in [9.17, 15) is 19.5 Å². The van der Waals surface area contributed by atoms with Crippen molar-refractivity contribution in [1.82, 2.24) is 4.90 Å². The molecule has 3 saturated heterocycles. The van der Waals surface area contributed by atoms with Crippen LogP contribution in [0.5, 0.6) is 5.75 Å². The number of amides is 3. The van der Waals surface area contributed by atoms with Crippen LogP contribution in [-0.4, -0.2) is 63.5 Å². The van der Waals surface area contributed by atoms with E-state index in [1.54, 1.807) is 24.3 Å². The number of benzene rings is 4. The van der Waals surface area contributed by atoms with Crippen molar-refractivity contribution in [2.75, 3.05) is 23.8 Å². The summed E-state index contributed by atoms with van der Waals surface area (Å²) < 4.78 is 12.2. The first-order valence-electron chi connectivity index (χ1n) is 15.5. The van der Waals surface area contributed by atoms with Gasteiger partial charge in [0.25, 0.3) is 0 Å². The highest BCUT2D eigenvalue weighted by Crippen LogP contribution is 2.61. The molecule has 7 atom stereocenters. The summed E-state index contributed by atoms with van der Waals surface area (Å²) in [5.74, 6) is -2.31. The standard InChI is InChI=1S/C36H34BrN3O6/c1-2-45-26-16-14-24(15-17-26)38-33(42)29-30-35(44)40(28(20-41)22-9-4-3-5-10-22)32(36(30)19-27(37)31(29)46-36)34(43)39-25-13-12-21-8-6-7-11-23(21)18-25/h3-18,27-32,41H,2,19-20H2,1H3,(H,38,42)(H,39,43)/t27?,28-,29+,30+,31+,32?,36?/m1/s1. The summed E-state index contributed by atoms with van der Waals surface area (Å²) >= 11 is 3.72. The highest BCUT2D eigenvalue weighted by Gasteiger charge is 2.77. The van der Waals surface area contributed by atoms with Crippen LogP contribution in [0.3, 0.4) is 0 Å². The van der Waals surface area contributed by atoms with E-state index in [0.29, 0.717) is 35.7 Å². The molecule has 4 aromatic carbocycles. The third-order valence-electron chi connectivity index (χ3n) is 9.42. The number of ether oxygens (including phenoxy) is 2. The van der Waals surface area contributed by atoms with E-state index in [1.165, 1.54) is 4.90 Å². The Morgan fingerprint density at radius 2 is 1.63 bits per heavy atom. The summed E-state index contributed by atoms with van der Waals surface area (Å²) in [5.41, 5.74) is 0.518. The monoisotopic (exact) mass is 683 g/mol. The number of alkyl halides is 1. The zero-order valence-electron chi connectivity index (χ0n) is 25.1. The van der Waals surface area contributed by atoms with Gasteiger partial charge < -0.3 is 30.1 Å². The van der Waals surface area contributed by atoms with E-state index < -0.39 is 54.0 Å². The normalized spacial score (nSPS) is 27.0. The summed E-state index contributed by atoms with van der Waals surface area (Å²) in [5, 5.41) is 18.7. The minimum absolute atomic E-state index is 0.271. The Labute approximate surface area is 275 Å². The van der Waals surface area contributed by atoms with Gasteiger partial charge in [-0.25, -0.2) is 0 Å². The van der Waals surface area contributed by atoms with Gasteiger partial charge in [-0.2, -0.15) is 0 Å². The lowest BCUT2D eigenvalue weighted by Crippen LogP contribution is -2.55. The van der Waals surface area contributed by atoms with Gasteiger partial charge in [0.05, 0.1) is 37.2 Å². The number of halogens is 1. The fraction of sp³-hybridized carbons (Fsp3) is 0.306. The molecule has 3 fully saturated rings. The molecule has 236 valence electrons. The average Bonchev–Trinajstić information content (AvgIpc) is 3.66. The van der Waals surface area contributed by atoms with Crippen molar-refractivity contribution < 1.29 is 29.0 Å². The lowest BCUT2D eigenvalue weighted by Gasteiger charge is -2.37. The van der Waals surface area contributed by atoms with Crippen molar-refractivity contribution >= 4 is 55.8 Å². The molecule has 0 radical (unpaired) electrons. The van der Waals surface area contributed by atoms with Crippen molar-refractivity contribution in [3.05, 3.63) is 103 Å². The number of aliphatic hydroxyl groups excluding tert-OH is 1. The molecular weight excluding hydrogens is 650 g/mol. The van der Waals surface area contributed by atoms with E-state index in [0.717, 1.165) is 10.8 Å². The first-order valence-corrected chi connectivity index (χ1v) is 16.4. The van der Waals surface area contributed by atoms with Crippen LogP contribution >= 0.6 is 15.9 Å². The molecular formula is C36H34BrN3O6. The number of carbonyl (C=O) groups excluding carboxylic acids is 3. The molecule has 0 aliphatic carbocycles. The number of hydrogen-bond donors (Lipinski definition) is 3. The molecule has 10 heteroatoms. The van der Waals surface area contributed by atoms with Crippen LogP contribution in [0, 0.1) is 11.8 Å². The van der Waals surface area contributed by atoms with Gasteiger partial charge in [-0.3, -0.25) is 14.4 Å². The maximum atomic E-state index is 14.6. The first-order chi connectivity index (χ1) is 22.3. The number of hydrogen-bond acceptors (Lipinski definition) is 6. The van der Waals surface area contributed by atoms with E-state index >= 15 is 0 Å². The number of likely N-dealkylation sites (tertiary alicyclic amines) is 1. The Hall–Kier alpha value is -4.25. The smallest absolute Gasteiger partial charge is 0.250 e. The summed E-state index contributed by atoms with van der Waals surface area (Å²) in [6, 6.07) is 27.7. The molecule has 0 aromatic heterocycles. The van der Waals surface area contributed by atoms with Gasteiger partial charge in [-0.05, 0) is 66.1 Å². The zero-order valence-corrected chi connectivity index (χ0v) is 26.7. The Balaban J connectivity index is 1.26. The highest BCUT2D eigenvalue weighted by atomic mass is 79.9. The minimum Gasteiger partial charge on any atom is -0.494 e. The molecule has 2 bridgehead atoms. The fourth-order valence-electron chi connectivity index (χ4n) is 7.54. The maximum absolute atomic E-state index is 14.6. The van der Waals surface area contributed by atoms with Crippen LogP contribution < -0.4 is 15.4 Å². The van der Waals surface area contributed by atoms with Gasteiger partial charge in [-0.1, -0.05) is 76.6 Å². The van der Waals surface area contributed by atoms with Gasteiger partial charge in [0.15, 0.2) is 0 Å². The predicted molar refractivity (Wildman–Crippen MR) is 178 cm³/mol. The first kappa shape index (κ1) is 30.4. The molecule has 3 aliphatic heterocycles. The van der Waals surface area contributed by atoms with Crippen molar-refractivity contribution in [3.63, 3.8) is 0 Å². The van der Waals surface area contributed by atoms with E-state index in [-0.39, 0.29) is 10.7 Å². The molecule has 3 aliphatic rings. The van der Waals surface area contributed by atoms with Gasteiger partial charge in [-0.15, -0.1) is 0 Å². The molecule has 3 amide bonds. The number of aliphatic hydroxyl groups is 1. The molecule has 46 heavy (non-hydrogen) atoms. The molecule has 3 heterocycles. The molecule has 1 spiro atoms. The second-order valence-corrected chi connectivity index (χ2v) is 13.2. The highest BCUT2D eigenvalue weighted by molar-refractivity contribution is 9.09. The summed E-state index contributed by atoms with van der Waals surface area (Å²) in [4.78, 5) is 44.2. The van der Waals surface area contributed by atoms with E-state index in [2.05, 4.69) is 26.6 Å². The summed E-state index contributed by atoms with van der Waals surface area (Å²) in [7, 11) is 0. The Bertz CT molecular complexity index is 1790. The second-order valence-electron chi connectivity index (χ2n) is 12.0. The molecule has 3 unspecified atom stereocenters. The van der Waals surface area contributed by atoms with Crippen LogP contribution in [0.15, 0.2) is 97.1 Å². The zero-order chi connectivity index (χ0) is 32.0. The van der Waals surface area contributed by atoms with Crippen molar-refractivity contribution in [2.45, 2.75) is 42.0 Å². The number of fused-ring (bicyclic) bond motifs is 2. The van der Waals surface area contributed by atoms with Crippen LogP contribution in [0.4, 0.5) is 11.4 Å². The van der Waals surface area contributed by atoms with E-state index in [1.807, 2.05) is 79.7 Å². The van der Waals surface area contributed by atoms with Gasteiger partial charge in [0.1, 0.15) is 17.4 Å². The largest absolute Gasteiger partial charge is 0.494 e. The second kappa shape index (κ2) is 12.2. The minimum atomic E-state index is -1.29. The Kier molecular flexibility index (Phi) is 8.04. The Morgan fingerprint density at radius 3 is 2.35 bits per heavy atom. The van der Waals surface area contributed by atoms with E-state index in [4.69, 9.17) is 9.47 Å². The fourth-order valence-corrected chi connectivity index (χ4v) is 8.48. The predicted octanol–water partition coefficient (Wildman–Crippen LogP) is 5.30.